The molecule has 77 heavy (non-hydrogen) atoms. The second-order valence-electron chi connectivity index (χ2n) is 18.8. The van der Waals surface area contributed by atoms with E-state index in [9.17, 15) is 14.4 Å². The van der Waals surface area contributed by atoms with Crippen LogP contribution in [0.5, 0.6) is 0 Å². The Balaban J connectivity index is 4.32. The van der Waals surface area contributed by atoms with Gasteiger partial charge in [0.25, 0.3) is 0 Å². The zero-order valence-corrected chi connectivity index (χ0v) is 48.6. The van der Waals surface area contributed by atoms with Gasteiger partial charge in [-0.15, -0.1) is 0 Å². The summed E-state index contributed by atoms with van der Waals surface area (Å²) in [6, 6.07) is 0. The summed E-state index contributed by atoms with van der Waals surface area (Å²) >= 11 is 0. The van der Waals surface area contributed by atoms with Crippen LogP contribution in [0.3, 0.4) is 0 Å². The highest BCUT2D eigenvalue weighted by Crippen LogP contribution is 2.11. The minimum Gasteiger partial charge on any atom is -0.462 e. The summed E-state index contributed by atoms with van der Waals surface area (Å²) in [5, 5.41) is 0. The average molecular weight is 1060 g/mol. The van der Waals surface area contributed by atoms with Crippen molar-refractivity contribution in [2.24, 2.45) is 0 Å². The summed E-state index contributed by atoms with van der Waals surface area (Å²) in [6.07, 6.45) is 96.2. The van der Waals surface area contributed by atoms with Gasteiger partial charge in [-0.25, -0.2) is 0 Å². The lowest BCUT2D eigenvalue weighted by atomic mass is 10.1. The Bertz CT molecular complexity index is 1880. The molecule has 0 saturated heterocycles. The maximum Gasteiger partial charge on any atom is 0.306 e. The van der Waals surface area contributed by atoms with Gasteiger partial charge in [-0.05, 0) is 141 Å². The first-order valence-electron chi connectivity index (χ1n) is 29.9. The van der Waals surface area contributed by atoms with E-state index in [1.807, 2.05) is 0 Å². The number of hydrogen-bond acceptors (Lipinski definition) is 6. The van der Waals surface area contributed by atoms with Crippen LogP contribution < -0.4 is 0 Å². The highest BCUT2D eigenvalue weighted by Gasteiger charge is 2.19. The second-order valence-corrected chi connectivity index (χ2v) is 18.8. The number of allylic oxidation sites excluding steroid dienone is 32. The molecule has 0 fully saturated rings. The van der Waals surface area contributed by atoms with Gasteiger partial charge >= 0.3 is 17.9 Å². The molecule has 0 amide bonds. The van der Waals surface area contributed by atoms with Crippen LogP contribution in [0.15, 0.2) is 194 Å². The van der Waals surface area contributed by atoms with Crippen LogP contribution in [0, 0.1) is 0 Å². The molecule has 0 rings (SSSR count). The van der Waals surface area contributed by atoms with E-state index in [1.165, 1.54) is 0 Å². The highest BCUT2D eigenvalue weighted by molar-refractivity contribution is 5.71. The molecule has 0 radical (unpaired) electrons. The van der Waals surface area contributed by atoms with E-state index in [2.05, 4.69) is 215 Å². The van der Waals surface area contributed by atoms with E-state index in [1.54, 1.807) is 0 Å². The maximum atomic E-state index is 12.8. The molecule has 0 aromatic rings. The van der Waals surface area contributed by atoms with Gasteiger partial charge in [0.05, 0.1) is 0 Å². The van der Waals surface area contributed by atoms with Gasteiger partial charge in [0.2, 0.25) is 0 Å². The molecule has 0 aromatic carbocycles. The maximum absolute atomic E-state index is 12.8. The molecule has 0 aliphatic heterocycles. The van der Waals surface area contributed by atoms with Crippen LogP contribution >= 0.6 is 0 Å². The molecule has 0 bridgehead atoms. The van der Waals surface area contributed by atoms with E-state index in [0.717, 1.165) is 161 Å². The predicted molar refractivity (Wildman–Crippen MR) is 334 cm³/mol. The van der Waals surface area contributed by atoms with E-state index in [-0.39, 0.29) is 44.0 Å². The van der Waals surface area contributed by atoms with E-state index in [0.29, 0.717) is 19.3 Å². The van der Waals surface area contributed by atoms with Crippen LogP contribution in [-0.4, -0.2) is 37.2 Å². The molecule has 0 aliphatic carbocycles. The van der Waals surface area contributed by atoms with Crippen molar-refractivity contribution in [2.75, 3.05) is 13.2 Å². The standard InChI is InChI=1S/C71H106O6/c1-4-7-10-13-15-17-19-21-23-25-27-29-31-33-34-35-36-38-39-41-43-45-47-49-51-53-55-58-61-64-70(73)76-67-68(66-75-69(72)63-60-57-12-9-6-3)77-71(74)65-62-59-56-54-52-50-48-46-44-42-40-37-32-30-28-26-24-22-20-18-16-14-11-8-5-2/h7-8,10-11,15-18,21-24,27-30,33-34,36-38,40-41,43-44,46-47,49-50,52-53,55,68H,4-6,9,12-14,19-20,25-26,31-32,35,39,42,45,48,51,54,56-67H2,1-3H3/b10-7-,11-8-,17-15-,18-16-,23-21-,24-22-,29-27-,30-28-,34-33-,38-36-,40-37-,43-41-,46-44-,49-47-,52-50-,55-53-. The van der Waals surface area contributed by atoms with Crippen molar-refractivity contribution in [2.45, 2.75) is 219 Å². The van der Waals surface area contributed by atoms with E-state index < -0.39 is 6.10 Å². The third-order valence-corrected chi connectivity index (χ3v) is 11.6. The molecule has 0 saturated carbocycles. The molecule has 426 valence electrons. The molecule has 6 heteroatoms. The lowest BCUT2D eigenvalue weighted by Crippen LogP contribution is -2.30. The number of carbonyl (C=O) groups is 3. The summed E-state index contributed by atoms with van der Waals surface area (Å²) in [5.74, 6) is -1.05. The average Bonchev–Trinajstić information content (AvgIpc) is 3.43. The largest absolute Gasteiger partial charge is 0.462 e. The Morgan fingerprint density at radius 2 is 0.519 bits per heavy atom. The van der Waals surface area contributed by atoms with Gasteiger partial charge in [-0.1, -0.05) is 247 Å². The second kappa shape index (κ2) is 62.8. The molecule has 1 atom stereocenters. The van der Waals surface area contributed by atoms with Crippen LogP contribution in [0.2, 0.25) is 0 Å². The van der Waals surface area contributed by atoms with Crippen molar-refractivity contribution < 1.29 is 28.6 Å². The Labute approximate surface area is 471 Å². The highest BCUT2D eigenvalue weighted by atomic mass is 16.6. The third-order valence-electron chi connectivity index (χ3n) is 11.6. The number of carbonyl (C=O) groups excluding carboxylic acids is 3. The number of hydrogen-bond donors (Lipinski definition) is 0. The third kappa shape index (κ3) is 61.0. The van der Waals surface area contributed by atoms with E-state index >= 15 is 0 Å². The van der Waals surface area contributed by atoms with Crippen molar-refractivity contribution in [1.82, 2.24) is 0 Å². The number of esters is 3. The monoisotopic (exact) mass is 1050 g/mol. The van der Waals surface area contributed by atoms with Crippen LogP contribution in [0.4, 0.5) is 0 Å². The summed E-state index contributed by atoms with van der Waals surface area (Å²) in [4.78, 5) is 37.8. The molecule has 0 aliphatic rings. The molecule has 0 aromatic heterocycles. The minimum atomic E-state index is -0.828. The topological polar surface area (TPSA) is 78.9 Å². The quantitative estimate of drug-likeness (QED) is 0.0261. The Morgan fingerprint density at radius 3 is 0.831 bits per heavy atom. The van der Waals surface area contributed by atoms with Crippen LogP contribution in [-0.2, 0) is 28.6 Å². The van der Waals surface area contributed by atoms with Crippen molar-refractivity contribution in [1.29, 1.82) is 0 Å². The fourth-order valence-corrected chi connectivity index (χ4v) is 7.19. The van der Waals surface area contributed by atoms with Crippen molar-refractivity contribution >= 4 is 17.9 Å². The van der Waals surface area contributed by atoms with Gasteiger partial charge in [0.1, 0.15) is 13.2 Å². The van der Waals surface area contributed by atoms with Crippen molar-refractivity contribution in [3.05, 3.63) is 194 Å². The summed E-state index contributed by atoms with van der Waals surface area (Å²) in [5.41, 5.74) is 0. The molecule has 0 heterocycles. The minimum absolute atomic E-state index is 0.121. The summed E-state index contributed by atoms with van der Waals surface area (Å²) in [6.45, 7) is 6.22. The number of ether oxygens (including phenoxy) is 3. The van der Waals surface area contributed by atoms with Gasteiger partial charge in [0, 0.05) is 19.3 Å². The van der Waals surface area contributed by atoms with Gasteiger partial charge in [-0.2, -0.15) is 0 Å². The van der Waals surface area contributed by atoms with E-state index in [4.69, 9.17) is 14.2 Å². The Kier molecular flexibility index (Phi) is 58.1. The zero-order chi connectivity index (χ0) is 55.7. The van der Waals surface area contributed by atoms with Crippen LogP contribution in [0.25, 0.3) is 0 Å². The normalized spacial score (nSPS) is 13.5. The van der Waals surface area contributed by atoms with Crippen molar-refractivity contribution in [3.63, 3.8) is 0 Å². The molecular formula is C71H106O6. The summed E-state index contributed by atoms with van der Waals surface area (Å²) in [7, 11) is 0. The lowest BCUT2D eigenvalue weighted by Gasteiger charge is -2.18. The molecule has 6 nitrogen and oxygen atoms in total. The van der Waals surface area contributed by atoms with Crippen LogP contribution in [0.1, 0.15) is 213 Å². The zero-order valence-electron chi connectivity index (χ0n) is 48.6. The Morgan fingerprint density at radius 1 is 0.273 bits per heavy atom. The SMILES string of the molecule is CC/C=C\C/C=C\C/C=C\C/C=C\C/C=C\C/C=C\C/C=C\C/C=C\C/C=C\CCCC(=O)OCC(COC(=O)CCCCCCC)OC(=O)CCCCC/C=C\C/C=C\C/C=C\C/C=C\C/C=C\C/C=C\C/C=C\CC. The smallest absolute Gasteiger partial charge is 0.306 e. The lowest BCUT2D eigenvalue weighted by molar-refractivity contribution is -0.167. The van der Waals surface area contributed by atoms with Crippen molar-refractivity contribution in [3.8, 4) is 0 Å². The fraction of sp³-hybridized carbons (Fsp3) is 0.507. The van der Waals surface area contributed by atoms with Gasteiger partial charge in [-0.3, -0.25) is 14.4 Å². The van der Waals surface area contributed by atoms with Gasteiger partial charge < -0.3 is 14.2 Å². The van der Waals surface area contributed by atoms with Gasteiger partial charge in [0.15, 0.2) is 6.10 Å². The first kappa shape index (κ1) is 71.2. The first-order chi connectivity index (χ1) is 38.0. The molecule has 1 unspecified atom stereocenters. The molecule has 0 N–H and O–H groups in total. The molecule has 0 spiro atoms. The fourth-order valence-electron chi connectivity index (χ4n) is 7.19. The number of unbranched alkanes of at least 4 members (excludes halogenated alkanes) is 8. The Hall–Kier alpha value is -5.75. The summed E-state index contributed by atoms with van der Waals surface area (Å²) < 4.78 is 16.6. The first-order valence-corrected chi connectivity index (χ1v) is 29.9. The predicted octanol–water partition coefficient (Wildman–Crippen LogP) is 20.6. The molecular weight excluding hydrogens is 949 g/mol. The number of rotatable bonds is 51.